The van der Waals surface area contributed by atoms with Crippen LogP contribution in [0.4, 0.5) is 5.69 Å². The molecule has 0 unspecified atom stereocenters. The first-order valence-electron chi connectivity index (χ1n) is 2.81. The first-order chi connectivity index (χ1) is 5.52. The van der Waals surface area contributed by atoms with Crippen LogP contribution in [0.5, 0.6) is 0 Å². The lowest BCUT2D eigenvalue weighted by atomic mass is 10.3. The van der Waals surface area contributed by atoms with Gasteiger partial charge >= 0.3 is 0 Å². The van der Waals surface area contributed by atoms with Crippen molar-refractivity contribution in [1.29, 1.82) is 0 Å². The Morgan fingerprint density at radius 2 is 1.92 bits per heavy atom. The van der Waals surface area contributed by atoms with Crippen LogP contribution in [0, 0.1) is 13.7 Å². The minimum Gasteiger partial charge on any atom is -0.258 e. The Balaban J connectivity index is 3.33. The molecule has 12 heavy (non-hydrogen) atoms. The van der Waals surface area contributed by atoms with Crippen molar-refractivity contribution in [3.05, 3.63) is 35.9 Å². The van der Waals surface area contributed by atoms with Crippen LogP contribution in [0.25, 0.3) is 0 Å². The quantitative estimate of drug-likeness (QED) is 0.344. The summed E-state index contributed by atoms with van der Waals surface area (Å²) in [6.45, 7) is 0. The Kier molecular flexibility index (Phi) is 3.14. The van der Waals surface area contributed by atoms with Crippen LogP contribution in [0.3, 0.4) is 0 Å². The van der Waals surface area contributed by atoms with Gasteiger partial charge in [-0.1, -0.05) is 23.2 Å². The lowest BCUT2D eigenvalue weighted by molar-refractivity contribution is -0.384. The maximum absolute atomic E-state index is 10.3. The predicted molar refractivity (Wildman–Crippen MR) is 55.8 cm³/mol. The molecule has 0 amide bonds. The van der Waals surface area contributed by atoms with Gasteiger partial charge in [-0.25, -0.2) is 0 Å². The fourth-order valence-electron chi connectivity index (χ4n) is 0.652. The number of hydrogen-bond acceptors (Lipinski definition) is 2. The fourth-order valence-corrected chi connectivity index (χ4v) is 1.69. The van der Waals surface area contributed by atoms with Crippen molar-refractivity contribution < 1.29 is 4.92 Å². The maximum atomic E-state index is 10.3. The van der Waals surface area contributed by atoms with E-state index < -0.39 is 4.92 Å². The molecule has 0 aliphatic rings. The van der Waals surface area contributed by atoms with Gasteiger partial charge in [-0.05, 0) is 28.7 Å². The van der Waals surface area contributed by atoms with E-state index >= 15 is 0 Å². The summed E-state index contributed by atoms with van der Waals surface area (Å²) in [5, 5.41) is 10.8. The Morgan fingerprint density at radius 1 is 1.33 bits per heavy atom. The second-order valence-corrected chi connectivity index (χ2v) is 3.95. The molecule has 0 fully saturated rings. The zero-order chi connectivity index (χ0) is 9.30. The monoisotopic (exact) mass is 317 g/mol. The lowest BCUT2D eigenvalue weighted by Gasteiger charge is -1.97. The second-order valence-electron chi connectivity index (χ2n) is 1.97. The van der Waals surface area contributed by atoms with Gasteiger partial charge in [-0.3, -0.25) is 10.1 Å². The summed E-state index contributed by atoms with van der Waals surface area (Å²) < 4.78 is 0.699. The van der Waals surface area contributed by atoms with E-state index in [1.54, 1.807) is 0 Å². The molecule has 1 aromatic rings. The van der Waals surface area contributed by atoms with Gasteiger partial charge < -0.3 is 0 Å². The van der Waals surface area contributed by atoms with Gasteiger partial charge in [0, 0.05) is 9.64 Å². The topological polar surface area (TPSA) is 43.1 Å². The minimum atomic E-state index is -0.565. The standard InChI is InChI=1S/C6H2Cl2INO2/c7-3-2-6(10(11)12)4(8)1-5(3)9/h1-2H. The van der Waals surface area contributed by atoms with Crippen LogP contribution in [0.15, 0.2) is 12.1 Å². The SMILES string of the molecule is O=[N+]([O-])c1cc(Cl)c(I)cc1Cl. The molecule has 1 aromatic carbocycles. The fraction of sp³-hybridized carbons (Fsp3) is 0. The van der Waals surface area contributed by atoms with Crippen molar-refractivity contribution in [2.45, 2.75) is 0 Å². The normalized spacial score (nSPS) is 9.92. The summed E-state index contributed by atoms with van der Waals surface area (Å²) in [6.07, 6.45) is 0. The number of benzene rings is 1. The predicted octanol–water partition coefficient (Wildman–Crippen LogP) is 3.51. The molecule has 1 rings (SSSR count). The Hall–Kier alpha value is -0.0700. The highest BCUT2D eigenvalue weighted by atomic mass is 127. The maximum Gasteiger partial charge on any atom is 0.289 e. The van der Waals surface area contributed by atoms with Crippen LogP contribution in [0.1, 0.15) is 0 Å². The molecule has 0 bridgehead atoms. The summed E-state index contributed by atoms with van der Waals surface area (Å²) in [7, 11) is 0. The Labute approximate surface area is 92.0 Å². The van der Waals surface area contributed by atoms with E-state index in [4.69, 9.17) is 23.2 Å². The van der Waals surface area contributed by atoms with E-state index in [1.807, 2.05) is 22.6 Å². The average molecular weight is 318 g/mol. The number of nitrogens with zero attached hydrogens (tertiary/aromatic N) is 1. The summed E-state index contributed by atoms with van der Waals surface area (Å²) in [5.41, 5.74) is -0.165. The molecule has 0 saturated carbocycles. The van der Waals surface area contributed by atoms with Gasteiger partial charge in [0.2, 0.25) is 0 Å². The molecule has 0 atom stereocenters. The lowest BCUT2D eigenvalue weighted by Crippen LogP contribution is -1.89. The third-order valence-electron chi connectivity index (χ3n) is 1.19. The summed E-state index contributed by atoms with van der Waals surface area (Å²) >= 11 is 13.2. The third kappa shape index (κ3) is 1.99. The number of rotatable bonds is 1. The van der Waals surface area contributed by atoms with E-state index in [0.29, 0.717) is 8.59 Å². The molecule has 0 spiro atoms. The van der Waals surface area contributed by atoms with Crippen molar-refractivity contribution in [3.8, 4) is 0 Å². The van der Waals surface area contributed by atoms with E-state index in [-0.39, 0.29) is 10.7 Å². The molecule has 64 valence electrons. The molecule has 0 N–H and O–H groups in total. The third-order valence-corrected chi connectivity index (χ3v) is 3.01. The number of hydrogen-bond donors (Lipinski definition) is 0. The summed E-state index contributed by atoms with van der Waals surface area (Å²) in [6, 6.07) is 2.70. The van der Waals surface area contributed by atoms with Crippen molar-refractivity contribution in [1.82, 2.24) is 0 Å². The molecule has 0 aliphatic carbocycles. The molecule has 0 radical (unpaired) electrons. The van der Waals surface area contributed by atoms with Gasteiger partial charge in [0.25, 0.3) is 5.69 Å². The average Bonchev–Trinajstić information content (AvgIpc) is 1.96. The smallest absolute Gasteiger partial charge is 0.258 e. The van der Waals surface area contributed by atoms with Crippen molar-refractivity contribution in [2.24, 2.45) is 0 Å². The number of halogens is 3. The Bertz CT molecular complexity index is 343. The molecule has 0 aromatic heterocycles. The second kappa shape index (κ2) is 3.76. The largest absolute Gasteiger partial charge is 0.289 e. The first kappa shape index (κ1) is 10.0. The number of nitro groups is 1. The molecule has 0 saturated heterocycles. The first-order valence-corrected chi connectivity index (χ1v) is 4.65. The van der Waals surface area contributed by atoms with Gasteiger partial charge in [0.1, 0.15) is 5.02 Å². The van der Waals surface area contributed by atoms with Crippen LogP contribution < -0.4 is 0 Å². The highest BCUT2D eigenvalue weighted by Gasteiger charge is 2.14. The highest BCUT2D eigenvalue weighted by molar-refractivity contribution is 14.1. The van der Waals surface area contributed by atoms with Crippen molar-refractivity contribution >= 4 is 51.5 Å². The van der Waals surface area contributed by atoms with Crippen LogP contribution in [-0.4, -0.2) is 4.92 Å². The van der Waals surface area contributed by atoms with Crippen LogP contribution >= 0.6 is 45.8 Å². The summed E-state index contributed by atoms with van der Waals surface area (Å²) in [4.78, 5) is 9.78. The number of nitro benzene ring substituents is 1. The molecule has 0 heterocycles. The highest BCUT2D eigenvalue weighted by Crippen LogP contribution is 2.31. The zero-order valence-electron chi connectivity index (χ0n) is 5.55. The molecular weight excluding hydrogens is 316 g/mol. The minimum absolute atomic E-state index is 0.105. The van der Waals surface area contributed by atoms with Gasteiger partial charge in [0.15, 0.2) is 0 Å². The van der Waals surface area contributed by atoms with Crippen molar-refractivity contribution in [3.63, 3.8) is 0 Å². The molecular formula is C6H2Cl2INO2. The van der Waals surface area contributed by atoms with E-state index in [0.717, 1.165) is 0 Å². The van der Waals surface area contributed by atoms with Crippen molar-refractivity contribution in [2.75, 3.05) is 0 Å². The van der Waals surface area contributed by atoms with Gasteiger partial charge in [-0.2, -0.15) is 0 Å². The molecule has 0 aliphatic heterocycles. The zero-order valence-corrected chi connectivity index (χ0v) is 9.22. The Morgan fingerprint density at radius 3 is 2.42 bits per heavy atom. The van der Waals surface area contributed by atoms with Gasteiger partial charge in [-0.15, -0.1) is 0 Å². The van der Waals surface area contributed by atoms with Crippen LogP contribution in [-0.2, 0) is 0 Å². The van der Waals surface area contributed by atoms with E-state index in [2.05, 4.69) is 0 Å². The summed E-state index contributed by atoms with van der Waals surface area (Å²) in [5.74, 6) is 0. The molecule has 6 heteroatoms. The molecule has 3 nitrogen and oxygen atoms in total. The van der Waals surface area contributed by atoms with E-state index in [9.17, 15) is 10.1 Å². The van der Waals surface area contributed by atoms with E-state index in [1.165, 1.54) is 12.1 Å². The van der Waals surface area contributed by atoms with Crippen LogP contribution in [0.2, 0.25) is 10.0 Å². The van der Waals surface area contributed by atoms with Gasteiger partial charge in [0.05, 0.1) is 9.95 Å².